The molecule has 0 saturated carbocycles. The van der Waals surface area contributed by atoms with Crippen molar-refractivity contribution < 1.29 is 9.59 Å². The number of carbonyl (C=O) groups excluding carboxylic acids is 2. The molecule has 0 bridgehead atoms. The number of thioether (sulfide) groups is 1. The van der Waals surface area contributed by atoms with Gasteiger partial charge >= 0.3 is 0 Å². The maximum Gasteiger partial charge on any atom is 0.230 e. The van der Waals surface area contributed by atoms with E-state index in [2.05, 4.69) is 40.3 Å². The molecule has 1 aromatic carbocycles. The third kappa shape index (κ3) is 4.93. The van der Waals surface area contributed by atoms with Crippen LogP contribution in [0.3, 0.4) is 0 Å². The number of anilines is 1. The van der Waals surface area contributed by atoms with Gasteiger partial charge in [-0.25, -0.2) is 9.69 Å². The van der Waals surface area contributed by atoms with Crippen molar-refractivity contribution >= 4 is 29.4 Å². The first-order valence-corrected chi connectivity index (χ1v) is 11.3. The molecule has 3 heterocycles. The van der Waals surface area contributed by atoms with Crippen molar-refractivity contribution in [3.05, 3.63) is 41.6 Å². The summed E-state index contributed by atoms with van der Waals surface area (Å²) in [5.74, 6) is 0.188. The number of hydrogen-bond donors (Lipinski definition) is 4. The second-order valence-corrected chi connectivity index (χ2v) is 9.90. The van der Waals surface area contributed by atoms with Crippen molar-refractivity contribution in [3.63, 3.8) is 0 Å². The molecular weight excluding hydrogens is 414 g/mol. The molecule has 4 rings (SSSR count). The van der Waals surface area contributed by atoms with E-state index in [0.29, 0.717) is 17.6 Å². The van der Waals surface area contributed by atoms with Crippen molar-refractivity contribution in [2.24, 2.45) is 5.92 Å². The molecule has 10 heteroatoms. The molecule has 9 nitrogen and oxygen atoms in total. The number of hydrogen-bond acceptors (Lipinski definition) is 7. The molecule has 1 aromatic heterocycles. The zero-order valence-electron chi connectivity index (χ0n) is 18.2. The number of benzene rings is 1. The van der Waals surface area contributed by atoms with Crippen LogP contribution in [0.1, 0.15) is 31.4 Å². The summed E-state index contributed by atoms with van der Waals surface area (Å²) in [7, 11) is 1.90. The SMILES string of the molecule is Cc1cc(NC(=O)Cc2ccc(SC(C)C)cc2)n(C2NC(=O)C3CNN(C)C3N2)n1. The van der Waals surface area contributed by atoms with Crippen LogP contribution in [0.2, 0.25) is 0 Å². The van der Waals surface area contributed by atoms with Gasteiger partial charge < -0.3 is 10.6 Å². The lowest BCUT2D eigenvalue weighted by Gasteiger charge is -2.35. The van der Waals surface area contributed by atoms with E-state index in [1.165, 1.54) is 4.90 Å². The lowest BCUT2D eigenvalue weighted by atomic mass is 10.1. The Hall–Kier alpha value is -2.40. The Kier molecular flexibility index (Phi) is 6.33. The first-order chi connectivity index (χ1) is 14.8. The topological polar surface area (TPSA) is 103 Å². The molecular formula is C21H29N7O2S. The van der Waals surface area contributed by atoms with E-state index in [9.17, 15) is 9.59 Å². The third-order valence-electron chi connectivity index (χ3n) is 5.33. The molecule has 2 amide bonds. The standard InChI is InChI=1S/C21H29N7O2S/c1-12(2)31-15-7-5-14(6-8-15)10-18(29)23-17-9-13(3)26-28(17)21-24-19-16(20(30)25-21)11-22-27(19)4/h5-9,12,16,19,21-22,24H,10-11H2,1-4H3,(H,23,29)(H,25,30). The van der Waals surface area contributed by atoms with Gasteiger partial charge in [-0.15, -0.1) is 11.8 Å². The summed E-state index contributed by atoms with van der Waals surface area (Å²) in [4.78, 5) is 26.4. The largest absolute Gasteiger partial charge is 0.321 e. The number of nitrogens with zero attached hydrogens (tertiary/aromatic N) is 3. The number of aryl methyl sites for hydroxylation is 1. The van der Waals surface area contributed by atoms with Gasteiger partial charge in [-0.05, 0) is 24.6 Å². The van der Waals surface area contributed by atoms with Crippen LogP contribution >= 0.6 is 11.8 Å². The number of rotatable bonds is 6. The Balaban J connectivity index is 1.44. The Morgan fingerprint density at radius 2 is 2.06 bits per heavy atom. The second-order valence-electron chi connectivity index (χ2n) is 8.25. The fourth-order valence-corrected chi connectivity index (χ4v) is 4.74. The maximum absolute atomic E-state index is 12.7. The van der Waals surface area contributed by atoms with E-state index in [1.807, 2.05) is 43.2 Å². The van der Waals surface area contributed by atoms with Crippen LogP contribution in [0.15, 0.2) is 35.2 Å². The van der Waals surface area contributed by atoms with E-state index < -0.39 is 6.29 Å². The number of nitrogens with one attached hydrogen (secondary N) is 4. The van der Waals surface area contributed by atoms with E-state index in [1.54, 1.807) is 22.5 Å². The van der Waals surface area contributed by atoms with E-state index in [4.69, 9.17) is 0 Å². The molecule has 0 radical (unpaired) electrons. The average molecular weight is 444 g/mol. The molecule has 3 unspecified atom stereocenters. The fourth-order valence-electron chi connectivity index (χ4n) is 3.90. The summed E-state index contributed by atoms with van der Waals surface area (Å²) in [5.41, 5.74) is 4.86. The van der Waals surface area contributed by atoms with Crippen molar-refractivity contribution in [1.82, 2.24) is 30.8 Å². The quantitative estimate of drug-likeness (QED) is 0.501. The zero-order valence-corrected chi connectivity index (χ0v) is 19.0. The van der Waals surface area contributed by atoms with Crippen molar-refractivity contribution in [3.8, 4) is 0 Å². The summed E-state index contributed by atoms with van der Waals surface area (Å²) >= 11 is 1.79. The van der Waals surface area contributed by atoms with Crippen molar-refractivity contribution in [1.29, 1.82) is 0 Å². The van der Waals surface area contributed by atoms with Crippen LogP contribution in [0.4, 0.5) is 5.82 Å². The molecule has 2 aliphatic heterocycles. The third-order valence-corrected chi connectivity index (χ3v) is 6.35. The second kappa shape index (κ2) is 8.99. The molecule has 31 heavy (non-hydrogen) atoms. The summed E-state index contributed by atoms with van der Waals surface area (Å²) < 4.78 is 1.62. The molecule has 0 spiro atoms. The summed E-state index contributed by atoms with van der Waals surface area (Å²) in [5, 5.41) is 16.2. The monoisotopic (exact) mass is 443 g/mol. The van der Waals surface area contributed by atoms with Gasteiger partial charge in [-0.1, -0.05) is 26.0 Å². The minimum atomic E-state index is -0.549. The molecule has 4 N–H and O–H groups in total. The van der Waals surface area contributed by atoms with Crippen LogP contribution in [0.25, 0.3) is 0 Å². The van der Waals surface area contributed by atoms with Crippen molar-refractivity contribution in [2.75, 3.05) is 18.9 Å². The average Bonchev–Trinajstić information content (AvgIpc) is 3.26. The van der Waals surface area contributed by atoms with Gasteiger partial charge in [0.1, 0.15) is 5.82 Å². The number of aromatic nitrogens is 2. The highest BCUT2D eigenvalue weighted by Gasteiger charge is 2.43. The molecule has 2 saturated heterocycles. The number of hydrazine groups is 1. The normalized spacial score (nSPS) is 23.6. The first-order valence-electron chi connectivity index (χ1n) is 10.4. The number of fused-ring (bicyclic) bond motifs is 1. The van der Waals surface area contributed by atoms with Gasteiger partial charge in [0.2, 0.25) is 11.8 Å². The molecule has 2 aromatic rings. The lowest BCUT2D eigenvalue weighted by Crippen LogP contribution is -2.61. The Morgan fingerprint density at radius 3 is 2.77 bits per heavy atom. The van der Waals surface area contributed by atoms with Crippen LogP contribution in [0, 0.1) is 12.8 Å². The molecule has 0 aliphatic carbocycles. The Labute approximate surface area is 186 Å². The predicted molar refractivity (Wildman–Crippen MR) is 120 cm³/mol. The predicted octanol–water partition coefficient (Wildman–Crippen LogP) is 1.44. The highest BCUT2D eigenvalue weighted by atomic mass is 32.2. The molecule has 166 valence electrons. The van der Waals surface area contributed by atoms with Gasteiger partial charge in [0.05, 0.1) is 24.2 Å². The van der Waals surface area contributed by atoms with E-state index in [0.717, 1.165) is 11.3 Å². The van der Waals surface area contributed by atoms with Crippen LogP contribution in [-0.2, 0) is 16.0 Å². The van der Waals surface area contributed by atoms with Gasteiger partial charge in [-0.3, -0.25) is 20.3 Å². The van der Waals surface area contributed by atoms with Gasteiger partial charge in [0, 0.05) is 29.8 Å². The van der Waals surface area contributed by atoms with Gasteiger partial charge in [0.25, 0.3) is 0 Å². The fraction of sp³-hybridized carbons (Fsp3) is 0.476. The van der Waals surface area contributed by atoms with Crippen LogP contribution in [0.5, 0.6) is 0 Å². The highest BCUT2D eigenvalue weighted by Crippen LogP contribution is 2.24. The highest BCUT2D eigenvalue weighted by molar-refractivity contribution is 7.99. The van der Waals surface area contributed by atoms with Crippen molar-refractivity contribution in [2.45, 2.75) is 49.8 Å². The van der Waals surface area contributed by atoms with Crippen LogP contribution in [-0.4, -0.2) is 51.6 Å². The molecule has 2 fully saturated rings. The minimum Gasteiger partial charge on any atom is -0.321 e. The van der Waals surface area contributed by atoms with Gasteiger partial charge in [0.15, 0.2) is 6.29 Å². The molecule has 2 aliphatic rings. The maximum atomic E-state index is 12.7. The lowest BCUT2D eigenvalue weighted by molar-refractivity contribution is -0.131. The summed E-state index contributed by atoms with van der Waals surface area (Å²) in [6.07, 6.45) is -0.431. The summed E-state index contributed by atoms with van der Waals surface area (Å²) in [6, 6.07) is 9.87. The van der Waals surface area contributed by atoms with Crippen LogP contribution < -0.4 is 21.4 Å². The Bertz CT molecular complexity index is 959. The van der Waals surface area contributed by atoms with E-state index in [-0.39, 0.29) is 30.3 Å². The van der Waals surface area contributed by atoms with Gasteiger partial charge in [-0.2, -0.15) is 5.10 Å². The minimum absolute atomic E-state index is 0.0459. The number of carbonyl (C=O) groups is 2. The number of amides is 2. The molecule has 3 atom stereocenters. The Morgan fingerprint density at radius 1 is 1.32 bits per heavy atom. The van der Waals surface area contributed by atoms with E-state index >= 15 is 0 Å². The summed E-state index contributed by atoms with van der Waals surface area (Å²) in [6.45, 7) is 6.75. The zero-order chi connectivity index (χ0) is 22.1. The smallest absolute Gasteiger partial charge is 0.230 e. The first kappa shape index (κ1) is 21.8.